The van der Waals surface area contributed by atoms with Crippen molar-refractivity contribution in [2.24, 2.45) is 67.5 Å². The molecule has 0 amide bonds. The quantitative estimate of drug-likeness (QED) is 0.135. The topological polar surface area (TPSA) is 166 Å². The van der Waals surface area contributed by atoms with Gasteiger partial charge in [-0.05, 0) is 108 Å². The fourth-order valence-electron chi connectivity index (χ4n) is 16.3. The third-order valence-corrected chi connectivity index (χ3v) is 19.4. The number of aliphatic carboxylic acids is 1. The largest absolute Gasteiger partial charge is 0.481 e. The molecule has 1 heterocycles. The van der Waals surface area contributed by atoms with E-state index in [9.17, 15) is 35.4 Å². The van der Waals surface area contributed by atoms with Crippen molar-refractivity contribution in [2.45, 2.75) is 142 Å². The van der Waals surface area contributed by atoms with E-state index in [0.29, 0.717) is 32.3 Å². The molecule has 0 radical (unpaired) electrons. The molecule has 7 aliphatic carbocycles. The van der Waals surface area contributed by atoms with Gasteiger partial charge in [0.05, 0.1) is 37.4 Å². The Labute approximate surface area is 344 Å². The molecule has 6 N–H and O–H groups in total. The molecule has 1 aromatic rings. The maximum Gasteiger partial charge on any atom is 0.310 e. The van der Waals surface area contributed by atoms with Gasteiger partial charge < -0.3 is 44.8 Å². The Morgan fingerprint density at radius 1 is 0.862 bits per heavy atom. The molecule has 1 spiro atoms. The van der Waals surface area contributed by atoms with Crippen LogP contribution in [0.4, 0.5) is 0 Å². The maximum absolute atomic E-state index is 13.5. The number of rotatable bonds is 8. The number of aliphatic hydroxyl groups excluding tert-OH is 5. The molecule has 320 valence electrons. The maximum atomic E-state index is 13.5. The van der Waals surface area contributed by atoms with Crippen LogP contribution in [-0.4, -0.2) is 93.2 Å². The summed E-state index contributed by atoms with van der Waals surface area (Å²) < 4.78 is 19.9. The predicted octanol–water partition coefficient (Wildman–Crippen LogP) is 6.03. The smallest absolute Gasteiger partial charge is 0.310 e. The Kier molecular flexibility index (Phi) is 9.90. The number of benzene rings is 1. The number of carboxylic acid groups (broad SMARTS) is 1. The third-order valence-electron chi connectivity index (χ3n) is 19.4. The molecule has 8 aliphatic rings. The van der Waals surface area contributed by atoms with Gasteiger partial charge in [-0.2, -0.15) is 0 Å². The standard InChI is InChI=1S/C48H68O10/c1-42(26-49)19-21-47(41(54)55)22-20-44(3)29(32(47)23-42)15-16-34-45(4)30-13-14-31(48(46(34,44)5)17-9-10-18-48)38(45)43(2,27-50)39(37(30)56-24-28-11-7-6-8-12-28)58-40-36(53)35(52)33(51)25-57-40/h6-8,11-15,30-40,49-53H,9-10,16-27H2,1-5H3,(H,54,55)/t30-,31+,32+,33-,34-,35+,36-,37-,38-,39-,40+,42+,43+,44-,45-,46-,47+/m1/s1. The molecule has 1 aromatic carbocycles. The Morgan fingerprint density at radius 2 is 1.55 bits per heavy atom. The lowest BCUT2D eigenvalue weighted by molar-refractivity contribution is -0.361. The van der Waals surface area contributed by atoms with Gasteiger partial charge in [-0.1, -0.05) is 102 Å². The van der Waals surface area contributed by atoms with Crippen LogP contribution in [0.3, 0.4) is 0 Å². The highest BCUT2D eigenvalue weighted by Gasteiger charge is 2.81. The van der Waals surface area contributed by atoms with Crippen LogP contribution < -0.4 is 0 Å². The van der Waals surface area contributed by atoms with E-state index >= 15 is 0 Å². The summed E-state index contributed by atoms with van der Waals surface area (Å²) in [5, 5.41) is 66.0. The third kappa shape index (κ3) is 5.21. The fraction of sp³-hybridized carbons (Fsp3) is 0.771. The average Bonchev–Trinajstić information content (AvgIpc) is 3.72. The molecule has 5 saturated carbocycles. The van der Waals surface area contributed by atoms with Gasteiger partial charge in [0.1, 0.15) is 18.3 Å². The van der Waals surface area contributed by atoms with Crippen molar-refractivity contribution in [3.05, 3.63) is 59.7 Å². The van der Waals surface area contributed by atoms with Gasteiger partial charge in [0.15, 0.2) is 6.29 Å². The first-order chi connectivity index (χ1) is 27.5. The predicted molar refractivity (Wildman–Crippen MR) is 216 cm³/mol. The number of ether oxygens (including phenoxy) is 3. The molecule has 10 heteroatoms. The molecular formula is C48H68O10. The monoisotopic (exact) mass is 804 g/mol. The van der Waals surface area contributed by atoms with Crippen molar-refractivity contribution in [1.29, 1.82) is 0 Å². The second kappa shape index (κ2) is 13.9. The first-order valence-electron chi connectivity index (χ1n) is 22.3. The minimum Gasteiger partial charge on any atom is -0.481 e. The van der Waals surface area contributed by atoms with Crippen LogP contribution in [0.5, 0.6) is 0 Å². The van der Waals surface area contributed by atoms with Crippen LogP contribution in [0.1, 0.15) is 104 Å². The summed E-state index contributed by atoms with van der Waals surface area (Å²) in [6.07, 6.45) is 9.16. The van der Waals surface area contributed by atoms with Crippen molar-refractivity contribution in [3.63, 3.8) is 0 Å². The summed E-state index contributed by atoms with van der Waals surface area (Å²) in [6.45, 7) is 11.8. The van der Waals surface area contributed by atoms with Crippen molar-refractivity contribution in [3.8, 4) is 0 Å². The van der Waals surface area contributed by atoms with Gasteiger partial charge in [-0.3, -0.25) is 4.79 Å². The van der Waals surface area contributed by atoms with Gasteiger partial charge in [0.25, 0.3) is 0 Å². The van der Waals surface area contributed by atoms with Crippen LogP contribution in [0, 0.1) is 67.5 Å². The van der Waals surface area contributed by atoms with E-state index in [1.54, 1.807) is 0 Å². The average molecular weight is 805 g/mol. The molecule has 4 bridgehead atoms. The Bertz CT molecular complexity index is 1810. The zero-order valence-corrected chi connectivity index (χ0v) is 35.2. The lowest BCUT2D eigenvalue weighted by atomic mass is 9.24. The second-order valence-corrected chi connectivity index (χ2v) is 21.5. The lowest BCUT2D eigenvalue weighted by Crippen LogP contribution is -2.79. The molecule has 17 atom stereocenters. The Hall–Kier alpha value is -2.15. The normalized spacial score (nSPS) is 51.3. The molecule has 0 aromatic heterocycles. The number of fused-ring (bicyclic) bond motifs is 7. The van der Waals surface area contributed by atoms with Crippen LogP contribution in [0.15, 0.2) is 54.1 Å². The number of hydrogen-bond acceptors (Lipinski definition) is 9. The van der Waals surface area contributed by atoms with Gasteiger partial charge in [0.2, 0.25) is 0 Å². The first-order valence-corrected chi connectivity index (χ1v) is 22.3. The molecule has 58 heavy (non-hydrogen) atoms. The zero-order valence-electron chi connectivity index (χ0n) is 35.2. The van der Waals surface area contributed by atoms with Gasteiger partial charge in [-0.15, -0.1) is 0 Å². The van der Waals surface area contributed by atoms with Gasteiger partial charge >= 0.3 is 5.97 Å². The molecule has 1 aliphatic heterocycles. The van der Waals surface area contributed by atoms with E-state index in [0.717, 1.165) is 44.1 Å². The summed E-state index contributed by atoms with van der Waals surface area (Å²) in [5.74, 6) is -0.775. The van der Waals surface area contributed by atoms with E-state index in [4.69, 9.17) is 14.2 Å². The summed E-state index contributed by atoms with van der Waals surface area (Å²) in [4.78, 5) is 13.5. The highest BCUT2D eigenvalue weighted by atomic mass is 16.7. The summed E-state index contributed by atoms with van der Waals surface area (Å²) in [5.41, 5.74) is -0.758. The molecule has 1 saturated heterocycles. The number of carbonyl (C=O) groups is 1. The fourth-order valence-corrected chi connectivity index (χ4v) is 16.3. The van der Waals surface area contributed by atoms with Crippen LogP contribution in [0.2, 0.25) is 0 Å². The Morgan fingerprint density at radius 3 is 2.22 bits per heavy atom. The highest BCUT2D eigenvalue weighted by molar-refractivity contribution is 5.76. The van der Waals surface area contributed by atoms with Crippen LogP contribution in [0.25, 0.3) is 0 Å². The van der Waals surface area contributed by atoms with Crippen LogP contribution >= 0.6 is 0 Å². The van der Waals surface area contributed by atoms with Crippen molar-refractivity contribution < 1.29 is 49.6 Å². The number of hydrogen-bond donors (Lipinski definition) is 6. The Balaban J connectivity index is 1.21. The van der Waals surface area contributed by atoms with E-state index in [1.165, 1.54) is 5.57 Å². The summed E-state index contributed by atoms with van der Waals surface area (Å²) >= 11 is 0. The number of aliphatic hydroxyl groups is 5. The molecule has 0 unspecified atom stereocenters. The van der Waals surface area contributed by atoms with E-state index in [-0.39, 0.29) is 76.5 Å². The minimum absolute atomic E-state index is 0.0402. The van der Waals surface area contributed by atoms with Gasteiger partial charge in [-0.25, -0.2) is 0 Å². The minimum atomic E-state index is -1.49. The first kappa shape index (κ1) is 41.2. The number of carboxylic acids is 1. The summed E-state index contributed by atoms with van der Waals surface area (Å²) in [7, 11) is 0. The van der Waals surface area contributed by atoms with E-state index in [1.807, 2.05) is 30.3 Å². The van der Waals surface area contributed by atoms with E-state index < -0.39 is 53.6 Å². The molecular weight excluding hydrogens is 737 g/mol. The zero-order chi connectivity index (χ0) is 41.3. The van der Waals surface area contributed by atoms with E-state index in [2.05, 4.69) is 52.8 Å². The van der Waals surface area contributed by atoms with Crippen molar-refractivity contribution >= 4 is 5.97 Å². The van der Waals surface area contributed by atoms with Crippen LogP contribution in [-0.2, 0) is 25.6 Å². The molecule has 10 nitrogen and oxygen atoms in total. The summed E-state index contributed by atoms with van der Waals surface area (Å²) in [6, 6.07) is 10.0. The lowest BCUT2D eigenvalue weighted by Gasteiger charge is -2.80. The highest BCUT2D eigenvalue weighted by Crippen LogP contribution is 2.85. The second-order valence-electron chi connectivity index (χ2n) is 21.5. The molecule has 9 rings (SSSR count). The SMILES string of the molecule is C[C@]1(CO)CC[C@]2(C(=O)O)CC[C@]3(C)C(=CC[C@@H]4[C@@]5(C)[C@@H]6C=C[C@@H]([C@@H]5[C@](C)(CO)[C@H](O[C@@H]5OC[C@@H](O)[C@H](O)[C@H]5O)[C@@H]6OCc5ccccc5)C5(CCCC5)[C@]43C)[C@@H]2C1. The van der Waals surface area contributed by atoms with Crippen molar-refractivity contribution in [2.75, 3.05) is 19.8 Å². The van der Waals surface area contributed by atoms with Crippen molar-refractivity contribution in [1.82, 2.24) is 0 Å². The van der Waals surface area contributed by atoms with Gasteiger partial charge in [0, 0.05) is 17.9 Å². The molecule has 6 fully saturated rings. The number of allylic oxidation sites excluding steroid dienone is 3.